The summed E-state index contributed by atoms with van der Waals surface area (Å²) in [5, 5.41) is 12.8. The number of hydrogen-bond donors (Lipinski definition) is 2. The molecule has 0 aliphatic carbocycles. The Bertz CT molecular complexity index is 246. The zero-order chi connectivity index (χ0) is 11.1. The topological polar surface area (TPSA) is 45.4 Å². The van der Waals surface area contributed by atoms with Crippen molar-refractivity contribution >= 4 is 0 Å². The van der Waals surface area contributed by atoms with E-state index in [4.69, 9.17) is 4.42 Å². The molecule has 0 amide bonds. The number of aliphatic hydroxyl groups excluding tert-OH is 1. The molecule has 0 saturated heterocycles. The Morgan fingerprint density at radius 1 is 1.40 bits per heavy atom. The highest BCUT2D eigenvalue weighted by Gasteiger charge is 2.11. The Hall–Kier alpha value is -0.800. The van der Waals surface area contributed by atoms with Gasteiger partial charge in [0.1, 0.15) is 5.76 Å². The van der Waals surface area contributed by atoms with Gasteiger partial charge in [0.15, 0.2) is 0 Å². The predicted molar refractivity (Wildman–Crippen MR) is 60.7 cm³/mol. The highest BCUT2D eigenvalue weighted by atomic mass is 16.3. The molecule has 0 radical (unpaired) electrons. The fourth-order valence-corrected chi connectivity index (χ4v) is 1.56. The normalized spacial score (nSPS) is 15.1. The summed E-state index contributed by atoms with van der Waals surface area (Å²) in [5.41, 5.74) is 0. The first-order chi connectivity index (χ1) is 7.27. The van der Waals surface area contributed by atoms with Crippen LogP contribution in [-0.4, -0.2) is 17.8 Å². The van der Waals surface area contributed by atoms with Crippen molar-refractivity contribution in [3.8, 4) is 0 Å². The molecule has 0 aliphatic rings. The minimum absolute atomic E-state index is 0.188. The van der Waals surface area contributed by atoms with E-state index >= 15 is 0 Å². The Morgan fingerprint density at radius 3 is 2.73 bits per heavy atom. The first-order valence-corrected chi connectivity index (χ1v) is 5.72. The fourth-order valence-electron chi connectivity index (χ4n) is 1.56. The van der Waals surface area contributed by atoms with Crippen molar-refractivity contribution in [2.45, 2.75) is 45.3 Å². The molecule has 15 heavy (non-hydrogen) atoms. The Balaban J connectivity index is 2.29. The van der Waals surface area contributed by atoms with E-state index in [1.165, 1.54) is 0 Å². The first kappa shape index (κ1) is 12.3. The van der Waals surface area contributed by atoms with Gasteiger partial charge in [0.25, 0.3) is 0 Å². The lowest BCUT2D eigenvalue weighted by Gasteiger charge is -2.15. The average molecular weight is 211 g/mol. The third-order valence-corrected chi connectivity index (χ3v) is 2.63. The van der Waals surface area contributed by atoms with E-state index in [-0.39, 0.29) is 12.1 Å². The predicted octanol–water partition coefficient (Wildman–Crippen LogP) is 2.48. The third-order valence-electron chi connectivity index (χ3n) is 2.63. The molecule has 1 rings (SSSR count). The second kappa shape index (κ2) is 6.64. The van der Waals surface area contributed by atoms with Crippen LogP contribution in [0.15, 0.2) is 22.8 Å². The van der Waals surface area contributed by atoms with Gasteiger partial charge in [-0.2, -0.15) is 0 Å². The molecule has 2 atom stereocenters. The van der Waals surface area contributed by atoms with E-state index in [2.05, 4.69) is 12.2 Å². The molecular formula is C12H21NO2. The highest BCUT2D eigenvalue weighted by Crippen LogP contribution is 2.16. The maximum absolute atomic E-state index is 9.41. The molecule has 3 nitrogen and oxygen atoms in total. The molecule has 0 bridgehead atoms. The van der Waals surface area contributed by atoms with E-state index in [9.17, 15) is 5.11 Å². The van der Waals surface area contributed by atoms with Crippen LogP contribution in [0.5, 0.6) is 0 Å². The molecule has 1 aromatic heterocycles. The van der Waals surface area contributed by atoms with Crippen LogP contribution in [0.4, 0.5) is 0 Å². The minimum atomic E-state index is -0.188. The van der Waals surface area contributed by atoms with E-state index in [1.54, 1.807) is 6.26 Å². The zero-order valence-electron chi connectivity index (χ0n) is 9.57. The van der Waals surface area contributed by atoms with Crippen LogP contribution in [0.1, 0.15) is 44.9 Å². The lowest BCUT2D eigenvalue weighted by Crippen LogP contribution is -2.24. The summed E-state index contributed by atoms with van der Waals surface area (Å²) < 4.78 is 5.35. The molecule has 3 heteroatoms. The monoisotopic (exact) mass is 211 g/mol. The average Bonchev–Trinajstić information content (AvgIpc) is 2.77. The van der Waals surface area contributed by atoms with Gasteiger partial charge in [-0.1, -0.05) is 13.8 Å². The number of nitrogens with one attached hydrogen (secondary N) is 1. The summed E-state index contributed by atoms with van der Waals surface area (Å²) in [4.78, 5) is 0. The van der Waals surface area contributed by atoms with E-state index < -0.39 is 0 Å². The van der Waals surface area contributed by atoms with Crippen LogP contribution in [-0.2, 0) is 0 Å². The van der Waals surface area contributed by atoms with E-state index in [1.807, 2.05) is 19.1 Å². The van der Waals surface area contributed by atoms with Crippen molar-refractivity contribution in [1.29, 1.82) is 0 Å². The van der Waals surface area contributed by atoms with Gasteiger partial charge in [0.05, 0.1) is 18.4 Å². The first-order valence-electron chi connectivity index (χ1n) is 5.72. The van der Waals surface area contributed by atoms with Gasteiger partial charge >= 0.3 is 0 Å². The van der Waals surface area contributed by atoms with Crippen LogP contribution in [0.2, 0.25) is 0 Å². The van der Waals surface area contributed by atoms with Gasteiger partial charge in [0, 0.05) is 0 Å². The lowest BCUT2D eigenvalue weighted by atomic mass is 10.1. The summed E-state index contributed by atoms with van der Waals surface area (Å²) in [7, 11) is 0. The van der Waals surface area contributed by atoms with E-state index in [0.29, 0.717) is 0 Å². The van der Waals surface area contributed by atoms with Gasteiger partial charge in [-0.05, 0) is 37.9 Å². The summed E-state index contributed by atoms with van der Waals surface area (Å²) in [6, 6.07) is 4.15. The molecule has 2 unspecified atom stereocenters. The maximum Gasteiger partial charge on any atom is 0.120 e. The smallest absolute Gasteiger partial charge is 0.120 e. The third kappa shape index (κ3) is 4.06. The van der Waals surface area contributed by atoms with Crippen molar-refractivity contribution in [3.05, 3.63) is 24.2 Å². The van der Waals surface area contributed by atoms with Crippen LogP contribution >= 0.6 is 0 Å². The summed E-state index contributed by atoms with van der Waals surface area (Å²) in [6.45, 7) is 4.94. The summed E-state index contributed by atoms with van der Waals surface area (Å²) >= 11 is 0. The van der Waals surface area contributed by atoms with Crippen molar-refractivity contribution < 1.29 is 9.52 Å². The second-order valence-corrected chi connectivity index (χ2v) is 3.78. The quantitative estimate of drug-likeness (QED) is 0.728. The molecule has 2 N–H and O–H groups in total. The Morgan fingerprint density at radius 2 is 2.20 bits per heavy atom. The SMILES string of the molecule is CCC(O)CCNC(CC)c1ccco1. The largest absolute Gasteiger partial charge is 0.468 e. The number of hydrogen-bond acceptors (Lipinski definition) is 3. The summed E-state index contributed by atoms with van der Waals surface area (Å²) in [5.74, 6) is 0.975. The number of aliphatic hydroxyl groups is 1. The standard InChI is InChI=1S/C12H21NO2/c1-3-10(14)7-8-13-11(4-2)12-6-5-9-15-12/h5-6,9-11,13-14H,3-4,7-8H2,1-2H3. The van der Waals surface area contributed by atoms with Crippen LogP contribution in [0, 0.1) is 0 Å². The molecule has 1 heterocycles. The fraction of sp³-hybridized carbons (Fsp3) is 0.667. The van der Waals surface area contributed by atoms with Crippen molar-refractivity contribution in [2.24, 2.45) is 0 Å². The van der Waals surface area contributed by atoms with E-state index in [0.717, 1.165) is 31.6 Å². The molecule has 0 saturated carbocycles. The highest BCUT2D eigenvalue weighted by molar-refractivity contribution is 5.03. The van der Waals surface area contributed by atoms with Crippen LogP contribution in [0.3, 0.4) is 0 Å². The molecule has 0 aromatic carbocycles. The van der Waals surface area contributed by atoms with Gasteiger partial charge in [-0.3, -0.25) is 0 Å². The maximum atomic E-state index is 9.41. The molecule has 0 spiro atoms. The molecule has 1 aromatic rings. The molecule has 0 aliphatic heterocycles. The summed E-state index contributed by atoms with van der Waals surface area (Å²) in [6.07, 6.45) is 4.12. The van der Waals surface area contributed by atoms with Gasteiger partial charge in [0.2, 0.25) is 0 Å². The van der Waals surface area contributed by atoms with Gasteiger partial charge in [-0.25, -0.2) is 0 Å². The minimum Gasteiger partial charge on any atom is -0.468 e. The van der Waals surface area contributed by atoms with Crippen molar-refractivity contribution in [1.82, 2.24) is 5.32 Å². The number of furan rings is 1. The van der Waals surface area contributed by atoms with Crippen LogP contribution in [0.25, 0.3) is 0 Å². The Labute approximate surface area is 91.5 Å². The van der Waals surface area contributed by atoms with Crippen molar-refractivity contribution in [2.75, 3.05) is 6.54 Å². The van der Waals surface area contributed by atoms with Gasteiger partial charge < -0.3 is 14.8 Å². The van der Waals surface area contributed by atoms with Crippen molar-refractivity contribution in [3.63, 3.8) is 0 Å². The second-order valence-electron chi connectivity index (χ2n) is 3.78. The lowest BCUT2D eigenvalue weighted by molar-refractivity contribution is 0.158. The zero-order valence-corrected chi connectivity index (χ0v) is 9.57. The Kier molecular flexibility index (Phi) is 5.43. The molecular weight excluding hydrogens is 190 g/mol. The molecule has 86 valence electrons. The van der Waals surface area contributed by atoms with Crippen LogP contribution < -0.4 is 5.32 Å². The van der Waals surface area contributed by atoms with Gasteiger partial charge in [-0.15, -0.1) is 0 Å². The number of rotatable bonds is 7. The molecule has 0 fully saturated rings.